The van der Waals surface area contributed by atoms with Crippen molar-refractivity contribution < 1.29 is 27.4 Å². The van der Waals surface area contributed by atoms with E-state index in [0.29, 0.717) is 25.2 Å². The van der Waals surface area contributed by atoms with Gasteiger partial charge in [0.25, 0.3) is 0 Å². The Kier molecular flexibility index (Phi) is 8.19. The van der Waals surface area contributed by atoms with Crippen LogP contribution in [0.3, 0.4) is 0 Å². The standard InChI is InChI=1S/C28H26F3IO3/c1-3-5-25-34-16-20(17-35-25)19-12-13-28(32,24(29)15-19)21-8-6-18(7-9-21)22-10-11-23(33-14-4-2)27(31)26(22)30/h3-12,15,20,25H,2,13-14,16-17H2,1H3/b5-3+/t20?,25?,28-/m0/s1. The zero-order valence-corrected chi connectivity index (χ0v) is 21.4. The SMILES string of the molecule is C=CCOc1ccc(-c2ccc([C@@]3(I)CC=C(C4COC(/C=C/C)OC4)C=C3F)cc2)c(F)c1F. The molecule has 0 unspecified atom stereocenters. The molecule has 3 nitrogen and oxygen atoms in total. The van der Waals surface area contributed by atoms with Crippen LogP contribution in [0.5, 0.6) is 5.75 Å². The van der Waals surface area contributed by atoms with Crippen LogP contribution in [-0.4, -0.2) is 26.1 Å². The highest BCUT2D eigenvalue weighted by Crippen LogP contribution is 2.48. The molecule has 1 fully saturated rings. The van der Waals surface area contributed by atoms with Crippen molar-refractivity contribution >= 4 is 22.6 Å². The molecule has 7 heteroatoms. The second-order valence-corrected chi connectivity index (χ2v) is 10.2. The largest absolute Gasteiger partial charge is 0.486 e. The average molecular weight is 594 g/mol. The molecule has 1 atom stereocenters. The van der Waals surface area contributed by atoms with Gasteiger partial charge in [0.15, 0.2) is 17.9 Å². The van der Waals surface area contributed by atoms with Crippen LogP contribution in [0.4, 0.5) is 13.2 Å². The van der Waals surface area contributed by atoms with E-state index in [2.05, 4.69) is 29.2 Å². The van der Waals surface area contributed by atoms with Crippen LogP contribution in [0.15, 0.2) is 84.8 Å². The maximum Gasteiger partial charge on any atom is 0.201 e. The molecular weight excluding hydrogens is 568 g/mol. The normalized spacial score (nSPS) is 24.7. The topological polar surface area (TPSA) is 27.7 Å². The van der Waals surface area contributed by atoms with Crippen LogP contribution < -0.4 is 4.74 Å². The van der Waals surface area contributed by atoms with Gasteiger partial charge in [-0.1, -0.05) is 71.7 Å². The van der Waals surface area contributed by atoms with Crippen LogP contribution in [0, 0.1) is 17.6 Å². The molecule has 35 heavy (non-hydrogen) atoms. The lowest BCUT2D eigenvalue weighted by Crippen LogP contribution is -2.33. The van der Waals surface area contributed by atoms with Gasteiger partial charge in [-0.15, -0.1) is 0 Å². The summed E-state index contributed by atoms with van der Waals surface area (Å²) in [6, 6.07) is 9.71. The average Bonchev–Trinajstić information content (AvgIpc) is 2.87. The van der Waals surface area contributed by atoms with Gasteiger partial charge in [0.1, 0.15) is 15.9 Å². The Bertz CT molecular complexity index is 1160. The summed E-state index contributed by atoms with van der Waals surface area (Å²) in [7, 11) is 0. The van der Waals surface area contributed by atoms with Crippen molar-refractivity contribution in [2.24, 2.45) is 5.92 Å². The number of rotatable bonds is 7. The highest BCUT2D eigenvalue weighted by atomic mass is 127. The minimum Gasteiger partial charge on any atom is -0.486 e. The van der Waals surface area contributed by atoms with Crippen molar-refractivity contribution in [2.75, 3.05) is 19.8 Å². The third kappa shape index (κ3) is 5.42. The van der Waals surface area contributed by atoms with E-state index in [1.807, 2.05) is 25.2 Å². The first kappa shape index (κ1) is 25.7. The highest BCUT2D eigenvalue weighted by Gasteiger charge is 2.37. The van der Waals surface area contributed by atoms with E-state index < -0.39 is 15.1 Å². The van der Waals surface area contributed by atoms with Crippen molar-refractivity contribution in [3.05, 3.63) is 102 Å². The zero-order valence-electron chi connectivity index (χ0n) is 19.3. The number of allylic oxidation sites excluding steroid dienone is 4. The summed E-state index contributed by atoms with van der Waals surface area (Å²) < 4.78 is 60.1. The number of ether oxygens (including phenoxy) is 3. The molecule has 0 bridgehead atoms. The van der Waals surface area contributed by atoms with Gasteiger partial charge < -0.3 is 14.2 Å². The third-order valence-corrected chi connectivity index (χ3v) is 7.67. The van der Waals surface area contributed by atoms with E-state index in [1.54, 1.807) is 30.3 Å². The van der Waals surface area contributed by atoms with E-state index >= 15 is 4.39 Å². The van der Waals surface area contributed by atoms with Gasteiger partial charge in [-0.3, -0.25) is 0 Å². The lowest BCUT2D eigenvalue weighted by Gasteiger charge is -2.33. The molecule has 1 aliphatic heterocycles. The van der Waals surface area contributed by atoms with E-state index in [9.17, 15) is 8.78 Å². The summed E-state index contributed by atoms with van der Waals surface area (Å²) in [4.78, 5) is 0. The predicted molar refractivity (Wildman–Crippen MR) is 139 cm³/mol. The lowest BCUT2D eigenvalue weighted by atomic mass is 9.85. The van der Waals surface area contributed by atoms with E-state index in [4.69, 9.17) is 14.2 Å². The van der Waals surface area contributed by atoms with E-state index in [0.717, 1.165) is 11.1 Å². The Morgan fingerprint density at radius 3 is 2.43 bits per heavy atom. The molecule has 4 rings (SSSR count). The van der Waals surface area contributed by atoms with Crippen LogP contribution in [0.25, 0.3) is 11.1 Å². The van der Waals surface area contributed by atoms with Crippen LogP contribution in [0.1, 0.15) is 18.9 Å². The molecular formula is C28H26F3IO3. The van der Waals surface area contributed by atoms with Crippen LogP contribution in [-0.2, 0) is 12.9 Å². The molecule has 2 aromatic rings. The van der Waals surface area contributed by atoms with Crippen molar-refractivity contribution in [3.63, 3.8) is 0 Å². The van der Waals surface area contributed by atoms with Crippen LogP contribution >= 0.6 is 22.6 Å². The maximum absolute atomic E-state index is 15.4. The molecule has 0 spiro atoms. The number of hydrogen-bond acceptors (Lipinski definition) is 3. The first-order chi connectivity index (χ1) is 16.9. The fourth-order valence-corrected chi connectivity index (χ4v) is 4.86. The van der Waals surface area contributed by atoms with Crippen molar-refractivity contribution in [1.29, 1.82) is 0 Å². The molecule has 1 heterocycles. The molecule has 0 N–H and O–H groups in total. The van der Waals surface area contributed by atoms with Gasteiger partial charge in [0.2, 0.25) is 5.82 Å². The predicted octanol–water partition coefficient (Wildman–Crippen LogP) is 7.58. The van der Waals surface area contributed by atoms with E-state index in [-0.39, 0.29) is 36.0 Å². The molecule has 0 amide bonds. The zero-order chi connectivity index (χ0) is 25.0. The molecule has 0 radical (unpaired) electrons. The minimum atomic E-state index is -1.05. The van der Waals surface area contributed by atoms with E-state index in [1.165, 1.54) is 18.2 Å². The summed E-state index contributed by atoms with van der Waals surface area (Å²) in [6.45, 7) is 6.41. The molecule has 0 saturated carbocycles. The molecule has 1 aliphatic carbocycles. The number of benzene rings is 2. The molecule has 1 saturated heterocycles. The Morgan fingerprint density at radius 1 is 1.09 bits per heavy atom. The quantitative estimate of drug-likeness (QED) is 0.188. The van der Waals surface area contributed by atoms with Gasteiger partial charge in [0, 0.05) is 11.5 Å². The summed E-state index contributed by atoms with van der Waals surface area (Å²) in [5, 5.41) is 0. The fraction of sp³-hybridized carbons (Fsp3) is 0.286. The fourth-order valence-electron chi connectivity index (χ4n) is 4.12. The molecule has 2 aromatic carbocycles. The number of hydrogen-bond donors (Lipinski definition) is 0. The summed E-state index contributed by atoms with van der Waals surface area (Å²) in [5.41, 5.74) is 2.20. The molecule has 2 aliphatic rings. The Hall–Kier alpha value is -2.36. The monoisotopic (exact) mass is 594 g/mol. The Labute approximate surface area is 217 Å². The van der Waals surface area contributed by atoms with Crippen LogP contribution in [0.2, 0.25) is 0 Å². The lowest BCUT2D eigenvalue weighted by molar-refractivity contribution is -0.167. The van der Waals surface area contributed by atoms with Gasteiger partial charge in [-0.25, -0.2) is 8.78 Å². The second-order valence-electron chi connectivity index (χ2n) is 8.38. The molecule has 184 valence electrons. The summed E-state index contributed by atoms with van der Waals surface area (Å²) >= 11 is 2.11. The first-order valence-corrected chi connectivity index (χ1v) is 12.4. The number of halogens is 4. The Balaban J connectivity index is 1.49. The first-order valence-electron chi connectivity index (χ1n) is 11.3. The molecule has 0 aromatic heterocycles. The number of alkyl halides is 1. The summed E-state index contributed by atoms with van der Waals surface area (Å²) in [5.74, 6) is -2.50. The minimum absolute atomic E-state index is 0.0260. The van der Waals surface area contributed by atoms with Gasteiger partial charge in [0.05, 0.1) is 13.2 Å². The van der Waals surface area contributed by atoms with Crippen molar-refractivity contribution in [1.82, 2.24) is 0 Å². The van der Waals surface area contributed by atoms with Gasteiger partial charge >= 0.3 is 0 Å². The smallest absolute Gasteiger partial charge is 0.201 e. The van der Waals surface area contributed by atoms with Crippen molar-refractivity contribution in [2.45, 2.75) is 23.1 Å². The van der Waals surface area contributed by atoms with Gasteiger partial charge in [-0.05, 0) is 54.3 Å². The summed E-state index contributed by atoms with van der Waals surface area (Å²) in [6.07, 6.45) is 8.86. The Morgan fingerprint density at radius 2 is 1.80 bits per heavy atom. The van der Waals surface area contributed by atoms with Gasteiger partial charge in [-0.2, -0.15) is 4.39 Å². The third-order valence-electron chi connectivity index (χ3n) is 6.09. The highest BCUT2D eigenvalue weighted by molar-refractivity contribution is 14.1. The second kappa shape index (κ2) is 11.1. The maximum atomic E-state index is 15.4. The van der Waals surface area contributed by atoms with Crippen molar-refractivity contribution in [3.8, 4) is 16.9 Å².